The van der Waals surface area contributed by atoms with E-state index in [0.29, 0.717) is 6.54 Å². The number of hydrogen-bond donors (Lipinski definition) is 2. The number of nitrogens with one attached hydrogen (secondary N) is 1. The molecule has 0 bridgehead atoms. The topological polar surface area (TPSA) is 55.1 Å². The zero-order valence-electron chi connectivity index (χ0n) is 10.2. The van der Waals surface area contributed by atoms with Crippen molar-refractivity contribution in [3.05, 3.63) is 0 Å². The van der Waals surface area contributed by atoms with E-state index in [1.807, 2.05) is 6.92 Å². The molecular weight excluding hydrogens is 188 g/mol. The lowest BCUT2D eigenvalue weighted by molar-refractivity contribution is -0.124. The summed E-state index contributed by atoms with van der Waals surface area (Å²) >= 11 is 0. The molecule has 0 radical (unpaired) electrons. The highest BCUT2D eigenvalue weighted by atomic mass is 16.1. The molecule has 3 heteroatoms. The molecule has 0 aliphatic heterocycles. The second-order valence-electron chi connectivity index (χ2n) is 5.47. The molecule has 1 atom stereocenters. The van der Waals surface area contributed by atoms with E-state index in [4.69, 9.17) is 5.73 Å². The van der Waals surface area contributed by atoms with Crippen LogP contribution >= 0.6 is 0 Å². The maximum absolute atomic E-state index is 11.6. The van der Waals surface area contributed by atoms with Crippen molar-refractivity contribution in [2.24, 2.45) is 23.0 Å². The largest absolute Gasteiger partial charge is 0.355 e. The Bertz CT molecular complexity index is 222. The van der Waals surface area contributed by atoms with Crippen LogP contribution in [0.3, 0.4) is 0 Å². The van der Waals surface area contributed by atoms with Gasteiger partial charge in [-0.3, -0.25) is 4.79 Å². The van der Waals surface area contributed by atoms with Gasteiger partial charge in [0, 0.05) is 19.0 Å². The Kier molecular flexibility index (Phi) is 4.14. The zero-order valence-corrected chi connectivity index (χ0v) is 10.2. The first kappa shape index (κ1) is 12.5. The summed E-state index contributed by atoms with van der Waals surface area (Å²) in [6.07, 6.45) is 3.98. The predicted octanol–water partition coefficient (Wildman–Crippen LogP) is 1.52. The molecule has 0 heterocycles. The number of carbonyl (C=O) groups excluding carboxylic acids is 1. The van der Waals surface area contributed by atoms with Crippen LogP contribution in [0.25, 0.3) is 0 Å². The lowest BCUT2D eigenvalue weighted by atomic mass is 9.67. The number of amides is 1. The molecule has 0 saturated heterocycles. The lowest BCUT2D eigenvalue weighted by Gasteiger charge is -2.40. The fourth-order valence-corrected chi connectivity index (χ4v) is 1.93. The number of carbonyl (C=O) groups is 1. The normalized spacial score (nSPS) is 19.5. The van der Waals surface area contributed by atoms with Crippen molar-refractivity contribution in [2.45, 2.75) is 40.0 Å². The minimum atomic E-state index is -0.0674. The molecule has 88 valence electrons. The van der Waals surface area contributed by atoms with Gasteiger partial charge in [0.1, 0.15) is 0 Å². The molecule has 0 aromatic rings. The summed E-state index contributed by atoms with van der Waals surface area (Å²) in [5.41, 5.74) is 5.69. The van der Waals surface area contributed by atoms with E-state index in [9.17, 15) is 4.79 Å². The van der Waals surface area contributed by atoms with Gasteiger partial charge >= 0.3 is 0 Å². The van der Waals surface area contributed by atoms with Crippen LogP contribution in [0, 0.1) is 17.3 Å². The summed E-state index contributed by atoms with van der Waals surface area (Å²) in [6.45, 7) is 7.55. The van der Waals surface area contributed by atoms with Gasteiger partial charge in [0.05, 0.1) is 0 Å². The highest BCUT2D eigenvalue weighted by Gasteiger charge is 2.34. The van der Waals surface area contributed by atoms with Crippen LogP contribution in [0.4, 0.5) is 0 Å². The van der Waals surface area contributed by atoms with Gasteiger partial charge < -0.3 is 11.1 Å². The summed E-state index contributed by atoms with van der Waals surface area (Å²) in [5, 5.41) is 3.00. The smallest absolute Gasteiger partial charge is 0.224 e. The average Bonchev–Trinajstić information content (AvgIpc) is 2.09. The number of hydrogen-bond acceptors (Lipinski definition) is 2. The number of rotatable bonds is 5. The van der Waals surface area contributed by atoms with Crippen molar-refractivity contribution in [3.8, 4) is 0 Å². The summed E-state index contributed by atoms with van der Waals surface area (Å²) < 4.78 is 0. The van der Waals surface area contributed by atoms with Gasteiger partial charge in [-0.25, -0.2) is 0 Å². The van der Waals surface area contributed by atoms with E-state index in [1.165, 1.54) is 19.3 Å². The molecule has 0 aromatic heterocycles. The Morgan fingerprint density at radius 3 is 2.53 bits per heavy atom. The average molecular weight is 212 g/mol. The molecule has 0 spiro atoms. The van der Waals surface area contributed by atoms with Crippen LogP contribution in [0.15, 0.2) is 0 Å². The van der Waals surface area contributed by atoms with Gasteiger partial charge in [0.15, 0.2) is 0 Å². The SMILES string of the molecule is CC(CN)C(=O)NCC(C)(C)C1CCC1. The maximum Gasteiger partial charge on any atom is 0.224 e. The van der Waals surface area contributed by atoms with E-state index in [1.54, 1.807) is 0 Å². The van der Waals surface area contributed by atoms with Crippen molar-refractivity contribution in [3.63, 3.8) is 0 Å². The van der Waals surface area contributed by atoms with Gasteiger partial charge in [-0.2, -0.15) is 0 Å². The summed E-state index contributed by atoms with van der Waals surface area (Å²) in [7, 11) is 0. The van der Waals surface area contributed by atoms with Crippen LogP contribution in [-0.4, -0.2) is 19.0 Å². The van der Waals surface area contributed by atoms with Gasteiger partial charge in [0.2, 0.25) is 5.91 Å². The van der Waals surface area contributed by atoms with Crippen LogP contribution in [-0.2, 0) is 4.79 Å². The Labute approximate surface area is 92.8 Å². The Morgan fingerprint density at radius 1 is 1.53 bits per heavy atom. The highest BCUT2D eigenvalue weighted by molar-refractivity contribution is 5.78. The molecule has 3 N–H and O–H groups in total. The molecule has 3 nitrogen and oxygen atoms in total. The van der Waals surface area contributed by atoms with E-state index >= 15 is 0 Å². The first-order chi connectivity index (χ1) is 6.97. The highest BCUT2D eigenvalue weighted by Crippen LogP contribution is 2.41. The Morgan fingerprint density at radius 2 is 2.13 bits per heavy atom. The van der Waals surface area contributed by atoms with Crippen molar-refractivity contribution in [2.75, 3.05) is 13.1 Å². The Hall–Kier alpha value is -0.570. The molecule has 15 heavy (non-hydrogen) atoms. The standard InChI is InChI=1S/C12H24N2O/c1-9(7-13)11(15)14-8-12(2,3)10-5-4-6-10/h9-10H,4-8,13H2,1-3H3,(H,14,15). The molecular formula is C12H24N2O. The quantitative estimate of drug-likeness (QED) is 0.726. The van der Waals surface area contributed by atoms with Crippen molar-refractivity contribution in [1.29, 1.82) is 0 Å². The minimum Gasteiger partial charge on any atom is -0.355 e. The van der Waals surface area contributed by atoms with E-state index in [2.05, 4.69) is 19.2 Å². The van der Waals surface area contributed by atoms with Crippen LogP contribution in [0.5, 0.6) is 0 Å². The third kappa shape index (κ3) is 3.20. The minimum absolute atomic E-state index is 0.0674. The summed E-state index contributed by atoms with van der Waals surface area (Å²) in [5.74, 6) is 0.804. The first-order valence-electron chi connectivity index (χ1n) is 5.95. The maximum atomic E-state index is 11.6. The molecule has 0 aromatic carbocycles. The fraction of sp³-hybridized carbons (Fsp3) is 0.917. The van der Waals surface area contributed by atoms with Gasteiger partial charge in [-0.05, 0) is 24.2 Å². The zero-order chi connectivity index (χ0) is 11.5. The fourth-order valence-electron chi connectivity index (χ4n) is 1.93. The summed E-state index contributed by atoms with van der Waals surface area (Å²) in [6, 6.07) is 0. The van der Waals surface area contributed by atoms with Crippen molar-refractivity contribution < 1.29 is 4.79 Å². The lowest BCUT2D eigenvalue weighted by Crippen LogP contribution is -2.43. The van der Waals surface area contributed by atoms with Gasteiger partial charge in [0.25, 0.3) is 0 Å². The van der Waals surface area contributed by atoms with Crippen LogP contribution in [0.1, 0.15) is 40.0 Å². The summed E-state index contributed by atoms with van der Waals surface area (Å²) in [4.78, 5) is 11.6. The first-order valence-corrected chi connectivity index (χ1v) is 5.95. The molecule has 1 unspecified atom stereocenters. The van der Waals surface area contributed by atoms with Crippen LogP contribution < -0.4 is 11.1 Å². The molecule has 1 aliphatic carbocycles. The van der Waals surface area contributed by atoms with E-state index < -0.39 is 0 Å². The van der Waals surface area contributed by atoms with E-state index in [0.717, 1.165) is 12.5 Å². The third-order valence-electron chi connectivity index (χ3n) is 3.73. The monoisotopic (exact) mass is 212 g/mol. The Balaban J connectivity index is 2.31. The number of nitrogens with two attached hydrogens (primary N) is 1. The molecule has 1 saturated carbocycles. The van der Waals surface area contributed by atoms with Gasteiger partial charge in [-0.15, -0.1) is 0 Å². The molecule has 1 amide bonds. The van der Waals surface area contributed by atoms with Crippen molar-refractivity contribution in [1.82, 2.24) is 5.32 Å². The van der Waals surface area contributed by atoms with Crippen LogP contribution in [0.2, 0.25) is 0 Å². The third-order valence-corrected chi connectivity index (χ3v) is 3.73. The van der Waals surface area contributed by atoms with Crippen molar-refractivity contribution >= 4 is 5.91 Å². The molecule has 1 aliphatic rings. The molecule has 1 fully saturated rings. The second-order valence-corrected chi connectivity index (χ2v) is 5.47. The van der Waals surface area contributed by atoms with Gasteiger partial charge in [-0.1, -0.05) is 27.2 Å². The van der Waals surface area contributed by atoms with E-state index in [-0.39, 0.29) is 17.2 Å². The second kappa shape index (κ2) is 4.97. The molecule has 1 rings (SSSR count). The predicted molar refractivity (Wildman–Crippen MR) is 62.4 cm³/mol.